The number of ether oxygens (including phenoxy) is 1. The van der Waals surface area contributed by atoms with Crippen molar-refractivity contribution in [3.05, 3.63) is 28.3 Å². The normalized spacial score (nSPS) is 22.0. The summed E-state index contributed by atoms with van der Waals surface area (Å²) in [6.45, 7) is 2.46. The summed E-state index contributed by atoms with van der Waals surface area (Å²) in [7, 11) is -3.68. The topological polar surface area (TPSA) is 87.7 Å². The Kier molecular flexibility index (Phi) is 7.31. The fourth-order valence-corrected chi connectivity index (χ4v) is 6.58. The summed E-state index contributed by atoms with van der Waals surface area (Å²) in [6, 6.07) is 2.08. The van der Waals surface area contributed by atoms with E-state index in [0.29, 0.717) is 19.1 Å². The number of benzene rings is 1. The number of hydrogen-bond donors (Lipinski definition) is 2. The van der Waals surface area contributed by atoms with E-state index < -0.39 is 21.3 Å². The van der Waals surface area contributed by atoms with E-state index in [9.17, 15) is 13.2 Å². The molecule has 2 aliphatic heterocycles. The number of fused-ring (bicyclic) bond motifs is 2. The van der Waals surface area contributed by atoms with Gasteiger partial charge in [-0.3, -0.25) is 4.90 Å². The van der Waals surface area contributed by atoms with E-state index in [1.54, 1.807) is 0 Å². The number of hydrogen-bond acceptors (Lipinski definition) is 5. The van der Waals surface area contributed by atoms with Crippen LogP contribution < -0.4 is 10.0 Å². The standard InChI is InChI=1S/C21H29N3O4S.K/c25-21(22-20-18-5-1-3-14(18)11-15-4-2-6-19(15)20)23-29(26,27)17-12-24(13-17)16-7-9-28-10-8-16;/h11,16-17H,1-10,12-13H2,(H2,22,23,25);. The second kappa shape index (κ2) is 9.47. The van der Waals surface area contributed by atoms with Gasteiger partial charge in [-0.2, -0.15) is 0 Å². The maximum absolute atomic E-state index is 12.7. The molecule has 7 nitrogen and oxygen atoms in total. The van der Waals surface area contributed by atoms with E-state index in [4.69, 9.17) is 4.74 Å². The van der Waals surface area contributed by atoms with Gasteiger partial charge in [-0.05, 0) is 73.6 Å². The van der Waals surface area contributed by atoms with Crippen molar-refractivity contribution in [1.82, 2.24) is 9.62 Å². The van der Waals surface area contributed by atoms with E-state index in [-0.39, 0.29) is 51.4 Å². The van der Waals surface area contributed by atoms with Gasteiger partial charge in [0.25, 0.3) is 0 Å². The zero-order valence-corrected chi connectivity index (χ0v) is 21.6. The minimum absolute atomic E-state index is 0. The first-order valence-electron chi connectivity index (χ1n) is 10.8. The van der Waals surface area contributed by atoms with Crippen LogP contribution in [-0.2, 0) is 40.4 Å². The fourth-order valence-electron chi connectivity index (χ4n) is 5.33. The van der Waals surface area contributed by atoms with Crippen LogP contribution in [0.25, 0.3) is 0 Å². The maximum atomic E-state index is 12.7. The van der Waals surface area contributed by atoms with Gasteiger partial charge in [0.2, 0.25) is 10.0 Å². The predicted molar refractivity (Wildman–Crippen MR) is 117 cm³/mol. The van der Waals surface area contributed by atoms with Gasteiger partial charge < -0.3 is 10.1 Å². The van der Waals surface area contributed by atoms with E-state index in [1.807, 2.05) is 0 Å². The molecule has 2 amide bonds. The predicted octanol–water partition coefficient (Wildman–Crippen LogP) is 1.60. The Hall–Kier alpha value is -0.00364. The number of nitrogens with zero attached hydrogens (tertiary/aromatic N) is 1. The Morgan fingerprint density at radius 3 is 2.20 bits per heavy atom. The number of likely N-dealkylation sites (tertiary alicyclic amines) is 1. The average molecular weight is 459 g/mol. The third-order valence-corrected chi connectivity index (χ3v) is 8.61. The van der Waals surface area contributed by atoms with Crippen molar-refractivity contribution in [1.29, 1.82) is 0 Å². The summed E-state index contributed by atoms with van der Waals surface area (Å²) < 4.78 is 33.0. The molecule has 4 aliphatic rings. The van der Waals surface area contributed by atoms with Crippen molar-refractivity contribution in [2.24, 2.45) is 0 Å². The third kappa shape index (κ3) is 4.55. The van der Waals surface area contributed by atoms with E-state index in [0.717, 1.165) is 70.3 Å². The van der Waals surface area contributed by atoms with E-state index in [2.05, 4.69) is 21.0 Å². The van der Waals surface area contributed by atoms with Crippen LogP contribution in [0.4, 0.5) is 10.5 Å². The molecule has 0 bridgehead atoms. The Balaban J connectivity index is 0.00000218. The molecule has 2 fully saturated rings. The molecule has 0 aromatic heterocycles. The van der Waals surface area contributed by atoms with Gasteiger partial charge in [0, 0.05) is 89.4 Å². The quantitative estimate of drug-likeness (QED) is 0.669. The van der Waals surface area contributed by atoms with Crippen molar-refractivity contribution in [3.8, 4) is 0 Å². The zero-order chi connectivity index (χ0) is 20.0. The molecule has 2 saturated heterocycles. The van der Waals surface area contributed by atoms with E-state index >= 15 is 0 Å². The summed E-state index contributed by atoms with van der Waals surface area (Å²) >= 11 is 0. The molecule has 159 valence electrons. The molecule has 1 radical (unpaired) electrons. The van der Waals surface area contributed by atoms with Gasteiger partial charge in [0.15, 0.2) is 0 Å². The fraction of sp³-hybridized carbons (Fsp3) is 0.667. The van der Waals surface area contributed by atoms with Crippen LogP contribution in [0.3, 0.4) is 0 Å². The Morgan fingerprint density at radius 2 is 1.60 bits per heavy atom. The number of nitrogens with one attached hydrogen (secondary N) is 2. The van der Waals surface area contributed by atoms with Crippen molar-refractivity contribution < 1.29 is 17.9 Å². The van der Waals surface area contributed by atoms with Gasteiger partial charge in [-0.1, -0.05) is 6.07 Å². The third-order valence-electron chi connectivity index (χ3n) is 6.97. The molecule has 5 rings (SSSR count). The molecule has 0 atom stereocenters. The molecule has 1 aromatic rings. The molecular formula is C21H29KN3O4S. The number of carbonyl (C=O) groups excluding carboxylic acids is 1. The number of urea groups is 1. The summed E-state index contributed by atoms with van der Waals surface area (Å²) in [5.41, 5.74) is 5.91. The largest absolute Gasteiger partial charge is 0.381 e. The first kappa shape index (κ1) is 23.2. The monoisotopic (exact) mass is 458 g/mol. The average Bonchev–Trinajstić information content (AvgIpc) is 3.29. The number of aryl methyl sites for hydroxylation is 2. The number of amides is 2. The van der Waals surface area contributed by atoms with Crippen LogP contribution in [0.15, 0.2) is 6.07 Å². The van der Waals surface area contributed by atoms with Crippen LogP contribution >= 0.6 is 0 Å². The van der Waals surface area contributed by atoms with Crippen LogP contribution in [0.2, 0.25) is 0 Å². The molecule has 30 heavy (non-hydrogen) atoms. The molecule has 0 spiro atoms. The Bertz CT molecular complexity index is 892. The van der Waals surface area contributed by atoms with Crippen molar-refractivity contribution in [2.75, 3.05) is 31.6 Å². The number of carbonyl (C=O) groups is 1. The second-order valence-corrected chi connectivity index (χ2v) is 10.7. The van der Waals surface area contributed by atoms with Crippen LogP contribution in [0.1, 0.15) is 47.9 Å². The number of rotatable bonds is 4. The molecule has 9 heteroatoms. The van der Waals surface area contributed by atoms with Gasteiger partial charge in [0.1, 0.15) is 5.25 Å². The van der Waals surface area contributed by atoms with Crippen LogP contribution in [0, 0.1) is 0 Å². The Morgan fingerprint density at radius 1 is 1.00 bits per heavy atom. The smallest absolute Gasteiger partial charge is 0.332 e. The molecule has 2 heterocycles. The molecule has 2 aliphatic carbocycles. The van der Waals surface area contributed by atoms with Gasteiger partial charge in [-0.15, -0.1) is 0 Å². The molecule has 0 unspecified atom stereocenters. The molecule has 0 saturated carbocycles. The number of sulfonamides is 1. The summed E-state index contributed by atoms with van der Waals surface area (Å²) in [4.78, 5) is 14.8. The van der Waals surface area contributed by atoms with Gasteiger partial charge >= 0.3 is 6.03 Å². The second-order valence-electron chi connectivity index (χ2n) is 8.75. The van der Waals surface area contributed by atoms with Crippen molar-refractivity contribution in [3.63, 3.8) is 0 Å². The molecular weight excluding hydrogens is 429 g/mol. The first-order valence-corrected chi connectivity index (χ1v) is 12.4. The van der Waals surface area contributed by atoms with Crippen molar-refractivity contribution >= 4 is 73.1 Å². The summed E-state index contributed by atoms with van der Waals surface area (Å²) in [5.74, 6) is 0. The zero-order valence-electron chi connectivity index (χ0n) is 17.7. The minimum Gasteiger partial charge on any atom is -0.381 e. The van der Waals surface area contributed by atoms with Crippen LogP contribution in [-0.4, -0.2) is 108 Å². The van der Waals surface area contributed by atoms with Crippen molar-refractivity contribution in [2.45, 2.75) is 62.7 Å². The van der Waals surface area contributed by atoms with Gasteiger partial charge in [0.05, 0.1) is 0 Å². The summed E-state index contributed by atoms with van der Waals surface area (Å²) in [5, 5.41) is 2.39. The molecule has 1 aromatic carbocycles. The van der Waals surface area contributed by atoms with E-state index in [1.165, 1.54) is 22.3 Å². The molecule has 2 N–H and O–H groups in total. The Labute approximate surface area is 221 Å². The number of anilines is 1. The minimum atomic E-state index is -3.68. The SMILES string of the molecule is O=C(Nc1c2c(cc3c1CCC3)CCC2)NS(=O)(=O)C1CN(C2CCOCC2)C1.[K]. The summed E-state index contributed by atoms with van der Waals surface area (Å²) in [6.07, 6.45) is 8.08. The maximum Gasteiger partial charge on any atom is 0.332 e. The van der Waals surface area contributed by atoms with Crippen LogP contribution in [0.5, 0.6) is 0 Å². The van der Waals surface area contributed by atoms with Gasteiger partial charge in [-0.25, -0.2) is 17.9 Å². The first-order chi connectivity index (χ1) is 14.0.